The maximum absolute atomic E-state index is 12.2. The zero-order valence-electron chi connectivity index (χ0n) is 43.6. The standard InChI is InChI=1S/2C19H13ClN8O10S2.Co/c2*20-17-23-18(21)25-19(24-17)22-11-6-9(39(33,34)35)3-7-4-13(40(36,37)38)15(16(30)14(7)11)27-26-10-5-8(28(31)32)1-2-12(10)29;/h2*1-6,29-30H,(H,33,34,35)(H,36,37,38)(H3,21,22,23,24,25);/p+5. The number of hydrogen-bond donors (Lipinski definition) is 12. The normalized spacial score (nSPS) is 12.0. The Labute approximate surface area is 476 Å². The molecule has 43 heteroatoms. The maximum atomic E-state index is 12.2. The molecule has 0 bridgehead atoms. The third-order valence-electron chi connectivity index (χ3n) is 10.00. The van der Waals surface area contributed by atoms with Crippen LogP contribution in [0.25, 0.3) is 21.5 Å². The van der Waals surface area contributed by atoms with Crippen LogP contribution in [0.1, 0.15) is 7.13 Å². The van der Waals surface area contributed by atoms with E-state index < -0.39 is 127 Å². The second kappa shape index (κ2) is 23.0. The smallest absolute Gasteiger partial charge is 0.506 e. The number of nitrogens with one attached hydrogen (secondary N) is 2. The molecule has 0 fully saturated rings. The van der Waals surface area contributed by atoms with Gasteiger partial charge in [-0.15, -0.1) is 20.5 Å². The van der Waals surface area contributed by atoms with Gasteiger partial charge in [0.15, 0.2) is 11.5 Å². The van der Waals surface area contributed by atoms with Crippen LogP contribution >= 0.6 is 23.2 Å². The average Bonchev–Trinajstić information content (AvgIpc) is 1.25. The van der Waals surface area contributed by atoms with E-state index in [2.05, 4.69) is 61.0 Å². The van der Waals surface area contributed by atoms with E-state index in [9.17, 15) is 92.5 Å². The number of nitrogens with zero attached hydrogens (tertiary/aromatic N) is 12. The molecule has 8 aromatic rings. The molecule has 0 saturated carbocycles. The molecule has 0 aliphatic heterocycles. The Hall–Kier alpha value is -9.01. The van der Waals surface area contributed by atoms with Crippen LogP contribution < -0.4 is 22.1 Å². The number of nitrogen functional groups attached to an aromatic ring is 2. The largest absolute Gasteiger partial charge is 1.00 e. The number of benzene rings is 6. The first-order valence-electron chi connectivity index (χ1n) is 20.3. The number of nitro groups is 2. The number of azo groups is 2. The van der Waals surface area contributed by atoms with Crippen molar-refractivity contribution in [2.24, 2.45) is 20.5 Å². The third-order valence-corrected chi connectivity index (χ3v) is 13.7. The van der Waals surface area contributed by atoms with Crippen LogP contribution in [0.15, 0.2) is 113 Å². The summed E-state index contributed by atoms with van der Waals surface area (Å²) < 4.78 is 135. The van der Waals surface area contributed by atoms with Crippen LogP contribution in [0.3, 0.4) is 0 Å². The van der Waals surface area contributed by atoms with E-state index in [-0.39, 0.29) is 91.2 Å². The molecule has 0 amide bonds. The second-order valence-electron chi connectivity index (χ2n) is 15.3. The van der Waals surface area contributed by atoms with E-state index in [1.165, 1.54) is 0 Å². The first kappa shape index (κ1) is 61.2. The minimum atomic E-state index is -5.20. The predicted octanol–water partition coefficient (Wildman–Crippen LogP) is 7.02. The monoisotopic (exact) mass is 1290 g/mol. The fraction of sp³-hybridized carbons (Fsp3) is 0. The first-order chi connectivity index (χ1) is 37.1. The van der Waals surface area contributed by atoms with Crippen molar-refractivity contribution in [1.82, 2.24) is 29.9 Å². The number of phenols is 4. The molecule has 1 radical (unpaired) electrons. The van der Waals surface area contributed by atoms with Crippen LogP contribution in [0, 0.1) is 20.2 Å². The number of fused-ring (bicyclic) bond motifs is 2. The Kier molecular flexibility index (Phi) is 17.4. The van der Waals surface area contributed by atoms with Crippen molar-refractivity contribution in [3.63, 3.8) is 0 Å². The van der Waals surface area contributed by atoms with Gasteiger partial charge in [-0.25, -0.2) is 0 Å². The molecule has 14 N–H and O–H groups in total. The quantitative estimate of drug-likeness (QED) is 0.0225. The third kappa shape index (κ3) is 14.1. The zero-order chi connectivity index (χ0) is 59.1. The van der Waals surface area contributed by atoms with Crippen molar-refractivity contribution in [1.29, 1.82) is 0 Å². The fourth-order valence-corrected chi connectivity index (χ4v) is 9.44. The molecule has 2 heterocycles. The Bertz CT molecular complexity index is 4220. The SMILES string of the molecule is Nc1nc(Cl)nc(Nc2cc(S(=O)(=O)O)cc3cc(S(=O)(=O)O)c(N=Nc4cc([N+](=O)[O-])ccc4O)c(O)c23)n1.Nc1nc(Cl)nc(Nc2cc(S(=O)(=O)O)cc3cc(S(=O)(=O)O)c(N=Nc4cc([N+](=O)[O-])ccc4O)c(O)c23)n1.[Co].[H+].[H+].[H+].[H+].[H+]. The van der Waals surface area contributed by atoms with Crippen molar-refractivity contribution >= 4 is 155 Å². The summed E-state index contributed by atoms with van der Waals surface area (Å²) in [6.45, 7) is 0. The predicted molar refractivity (Wildman–Crippen MR) is 279 cm³/mol. The number of aromatic nitrogens is 6. The molecular weight excluding hydrogens is 1260 g/mol. The Morgan fingerprint density at radius 3 is 1.15 bits per heavy atom. The zero-order valence-corrected chi connectivity index (χ0v) is 44.5. The number of rotatable bonds is 14. The molecule has 0 unspecified atom stereocenters. The van der Waals surface area contributed by atoms with E-state index in [4.69, 9.17) is 34.7 Å². The molecule has 0 aliphatic carbocycles. The van der Waals surface area contributed by atoms with Gasteiger partial charge in [-0.05, 0) is 82.5 Å². The number of phenolic OH excluding ortho intramolecular Hbond substituents is 4. The summed E-state index contributed by atoms with van der Waals surface area (Å²) in [6, 6.07) is 9.89. The number of non-ortho nitro benzene ring substituents is 2. The molecule has 36 nitrogen and oxygen atoms in total. The van der Waals surface area contributed by atoms with Gasteiger partial charge in [0.25, 0.3) is 51.8 Å². The molecule has 0 aliphatic rings. The Morgan fingerprint density at radius 1 is 0.506 bits per heavy atom. The molecule has 0 spiro atoms. The number of hydrogen-bond acceptors (Lipinski definition) is 30. The van der Waals surface area contributed by atoms with Crippen LogP contribution in [0.2, 0.25) is 10.6 Å². The van der Waals surface area contributed by atoms with Crippen LogP contribution in [0.5, 0.6) is 23.0 Å². The van der Waals surface area contributed by atoms with E-state index in [0.29, 0.717) is 12.1 Å². The number of anilines is 6. The van der Waals surface area contributed by atoms with Gasteiger partial charge in [-0.3, -0.25) is 38.4 Å². The average molecular weight is 1290 g/mol. The van der Waals surface area contributed by atoms with Gasteiger partial charge in [0.2, 0.25) is 34.4 Å². The Balaban J connectivity index is 0.000000804. The number of nitro benzene ring substituents is 2. The summed E-state index contributed by atoms with van der Waals surface area (Å²) in [6.07, 6.45) is 0. The second-order valence-corrected chi connectivity index (χ2v) is 21.6. The molecular formula is C38H31Cl2CoN16O20S4+5. The molecule has 0 saturated heterocycles. The minimum Gasteiger partial charge on any atom is -0.506 e. The topological polar surface area (TPSA) is 588 Å². The van der Waals surface area contributed by atoms with Gasteiger partial charge >= 0.3 is 7.13 Å². The van der Waals surface area contributed by atoms with Crippen molar-refractivity contribution in [2.75, 3.05) is 22.1 Å². The minimum absolute atomic E-state index is 0. The van der Waals surface area contributed by atoms with Crippen molar-refractivity contribution in [2.45, 2.75) is 19.6 Å². The number of nitrogens with two attached hydrogens (primary N) is 2. The van der Waals surface area contributed by atoms with E-state index in [1.54, 1.807) is 0 Å². The van der Waals surface area contributed by atoms with Gasteiger partial charge in [0, 0.05) is 51.8 Å². The van der Waals surface area contributed by atoms with Crippen molar-refractivity contribution in [3.05, 3.63) is 104 Å². The van der Waals surface area contributed by atoms with Crippen LogP contribution in [0.4, 0.5) is 69.3 Å². The molecule has 8 rings (SSSR count). The molecule has 425 valence electrons. The van der Waals surface area contributed by atoms with E-state index in [1.807, 2.05) is 0 Å². The summed E-state index contributed by atoms with van der Waals surface area (Å²) in [5, 5.41) is 81.4. The first-order valence-corrected chi connectivity index (χ1v) is 26.8. The molecule has 2 aromatic heterocycles. The van der Waals surface area contributed by atoms with Crippen LogP contribution in [-0.4, -0.2) is 112 Å². The number of aromatic hydroxyl groups is 4. The molecule has 6 aromatic carbocycles. The summed E-state index contributed by atoms with van der Waals surface area (Å²) in [4.78, 5) is 38.9. The van der Waals surface area contributed by atoms with E-state index >= 15 is 0 Å². The van der Waals surface area contributed by atoms with Gasteiger partial charge in [-0.1, -0.05) is 0 Å². The van der Waals surface area contributed by atoms with Gasteiger partial charge in [-0.2, -0.15) is 63.6 Å². The number of halogens is 2. The summed E-state index contributed by atoms with van der Waals surface area (Å²) in [5.41, 5.74) is 6.45. The summed E-state index contributed by atoms with van der Waals surface area (Å²) in [7, 11) is -20.2. The molecule has 81 heavy (non-hydrogen) atoms. The van der Waals surface area contributed by atoms with Crippen molar-refractivity contribution < 1.29 is 106 Å². The van der Waals surface area contributed by atoms with Gasteiger partial charge in [0.05, 0.1) is 31.0 Å². The fourth-order valence-electron chi connectivity index (χ4n) is 6.70. The maximum Gasteiger partial charge on any atom is 1.00 e. The van der Waals surface area contributed by atoms with Crippen molar-refractivity contribution in [3.8, 4) is 23.0 Å². The van der Waals surface area contributed by atoms with Gasteiger partial charge < -0.3 is 42.5 Å². The van der Waals surface area contributed by atoms with E-state index in [0.717, 1.165) is 60.7 Å². The summed E-state index contributed by atoms with van der Waals surface area (Å²) in [5.74, 6) is -4.69. The summed E-state index contributed by atoms with van der Waals surface area (Å²) >= 11 is 11.5. The Morgan fingerprint density at radius 2 is 0.852 bits per heavy atom. The van der Waals surface area contributed by atoms with Gasteiger partial charge in [0.1, 0.15) is 44.0 Å². The molecule has 0 atom stereocenters. The van der Waals surface area contributed by atoms with Crippen LogP contribution in [-0.2, 0) is 57.3 Å².